The Morgan fingerprint density at radius 3 is 2.70 bits per heavy atom. The number of amides is 1. The highest BCUT2D eigenvalue weighted by atomic mass is 16.5. The van der Waals surface area contributed by atoms with Crippen molar-refractivity contribution in [2.75, 3.05) is 0 Å². The van der Waals surface area contributed by atoms with Gasteiger partial charge in [0.05, 0.1) is 0 Å². The highest BCUT2D eigenvalue weighted by molar-refractivity contribution is 5.64. The van der Waals surface area contributed by atoms with Crippen molar-refractivity contribution < 1.29 is 14.6 Å². The van der Waals surface area contributed by atoms with Crippen molar-refractivity contribution in [3.05, 3.63) is 41.5 Å². The first-order valence-corrected chi connectivity index (χ1v) is 9.54. The molecule has 1 saturated carbocycles. The second-order valence-corrected chi connectivity index (χ2v) is 7.55. The average Bonchev–Trinajstić information content (AvgIpc) is 3.01. The first-order valence-electron chi connectivity index (χ1n) is 9.54. The minimum Gasteiger partial charge on any atom is -0.486 e. The molecule has 1 fully saturated rings. The van der Waals surface area contributed by atoms with Crippen LogP contribution in [0.15, 0.2) is 24.3 Å². The molecule has 0 saturated heterocycles. The van der Waals surface area contributed by atoms with E-state index in [9.17, 15) is 4.79 Å². The molecule has 7 heteroatoms. The lowest BCUT2D eigenvalue weighted by molar-refractivity contribution is 0.184. The summed E-state index contributed by atoms with van der Waals surface area (Å²) in [7, 11) is 1.97. The number of rotatable bonds is 6. The minimum atomic E-state index is -0.946. The molecule has 0 aliphatic heterocycles. The molecular formula is C20H28N4O3. The molecule has 1 heterocycles. The summed E-state index contributed by atoms with van der Waals surface area (Å²) < 4.78 is 7.94. The molecule has 146 valence electrons. The van der Waals surface area contributed by atoms with Crippen LogP contribution >= 0.6 is 0 Å². The van der Waals surface area contributed by atoms with E-state index in [4.69, 9.17) is 9.84 Å². The van der Waals surface area contributed by atoms with Crippen LogP contribution in [-0.2, 0) is 13.7 Å². The van der Waals surface area contributed by atoms with Crippen LogP contribution in [0.5, 0.6) is 5.75 Å². The van der Waals surface area contributed by atoms with Crippen LogP contribution in [0.2, 0.25) is 0 Å². The molecule has 3 rings (SSSR count). The van der Waals surface area contributed by atoms with Crippen molar-refractivity contribution in [2.24, 2.45) is 7.05 Å². The van der Waals surface area contributed by atoms with Crippen molar-refractivity contribution in [3.8, 4) is 5.75 Å². The number of carboxylic acid groups (broad SMARTS) is 1. The number of nitrogens with zero attached hydrogens (tertiary/aromatic N) is 3. The molecule has 1 aliphatic rings. The van der Waals surface area contributed by atoms with Crippen LogP contribution in [-0.4, -0.2) is 32.0 Å². The normalized spacial score (nSPS) is 19.9. The first kappa shape index (κ1) is 19.2. The van der Waals surface area contributed by atoms with E-state index in [2.05, 4.69) is 41.5 Å². The fourth-order valence-electron chi connectivity index (χ4n) is 3.64. The third kappa shape index (κ3) is 4.78. The van der Waals surface area contributed by atoms with Crippen molar-refractivity contribution in [1.29, 1.82) is 0 Å². The van der Waals surface area contributed by atoms with Gasteiger partial charge >= 0.3 is 6.09 Å². The number of benzene rings is 1. The van der Waals surface area contributed by atoms with Gasteiger partial charge in [0.1, 0.15) is 18.2 Å². The van der Waals surface area contributed by atoms with Gasteiger partial charge in [-0.1, -0.05) is 26.0 Å². The van der Waals surface area contributed by atoms with Gasteiger partial charge in [0.25, 0.3) is 0 Å². The zero-order chi connectivity index (χ0) is 19.4. The minimum absolute atomic E-state index is 0.0445. The van der Waals surface area contributed by atoms with Gasteiger partial charge in [-0.2, -0.15) is 0 Å². The summed E-state index contributed by atoms with van der Waals surface area (Å²) in [6, 6.07) is 8.19. The van der Waals surface area contributed by atoms with E-state index in [1.54, 1.807) is 0 Å². The molecule has 1 aliphatic carbocycles. The van der Waals surface area contributed by atoms with E-state index in [0.717, 1.165) is 43.1 Å². The lowest BCUT2D eigenvalue weighted by Gasteiger charge is -2.27. The number of aromatic nitrogens is 3. The maximum absolute atomic E-state index is 10.8. The Balaban J connectivity index is 1.59. The van der Waals surface area contributed by atoms with Crippen LogP contribution < -0.4 is 10.1 Å². The number of hydrogen-bond acceptors (Lipinski definition) is 4. The molecule has 0 radical (unpaired) electrons. The van der Waals surface area contributed by atoms with Crippen molar-refractivity contribution >= 4 is 6.09 Å². The zero-order valence-electron chi connectivity index (χ0n) is 16.2. The standard InChI is InChI=1S/C20H28N4O3/c1-13(2)15-5-4-6-17(11-15)27-12-18-22-23-19(24(18)3)14-7-9-16(10-8-14)21-20(25)26/h4-6,11,13-14,16,21H,7-10,12H2,1-3H3,(H,25,26)/t14-,16-. The SMILES string of the molecule is CC(C)c1cccc(OCc2nnc([C@H]3CC[C@H](NC(=O)O)CC3)n2C)c1. The molecule has 0 unspecified atom stereocenters. The molecule has 0 bridgehead atoms. The second kappa shape index (κ2) is 8.41. The first-order chi connectivity index (χ1) is 12.9. The molecule has 0 spiro atoms. The molecule has 1 amide bonds. The summed E-state index contributed by atoms with van der Waals surface area (Å²) in [5, 5.41) is 20.1. The van der Waals surface area contributed by atoms with Gasteiger partial charge in [-0.15, -0.1) is 10.2 Å². The van der Waals surface area contributed by atoms with E-state index >= 15 is 0 Å². The Kier molecular flexibility index (Phi) is 5.98. The highest BCUT2D eigenvalue weighted by Gasteiger charge is 2.27. The van der Waals surface area contributed by atoms with E-state index in [1.165, 1.54) is 5.56 Å². The maximum atomic E-state index is 10.8. The molecule has 7 nitrogen and oxygen atoms in total. The summed E-state index contributed by atoms with van der Waals surface area (Å²) in [4.78, 5) is 10.8. The van der Waals surface area contributed by atoms with Crippen molar-refractivity contribution in [1.82, 2.24) is 20.1 Å². The lowest BCUT2D eigenvalue weighted by atomic mass is 9.85. The van der Waals surface area contributed by atoms with E-state index in [1.807, 2.05) is 23.7 Å². The molecule has 0 atom stereocenters. The fourth-order valence-corrected chi connectivity index (χ4v) is 3.64. The maximum Gasteiger partial charge on any atom is 0.404 e. The molecule has 1 aromatic heterocycles. The fraction of sp³-hybridized carbons (Fsp3) is 0.550. The van der Waals surface area contributed by atoms with Crippen LogP contribution in [0, 0.1) is 0 Å². The van der Waals surface area contributed by atoms with Gasteiger partial charge in [0.2, 0.25) is 0 Å². The molecule has 1 aromatic carbocycles. The lowest BCUT2D eigenvalue weighted by Crippen LogP contribution is -2.36. The van der Waals surface area contributed by atoms with E-state index in [0.29, 0.717) is 18.4 Å². The summed E-state index contributed by atoms with van der Waals surface area (Å²) in [6.45, 7) is 4.70. The van der Waals surface area contributed by atoms with E-state index in [-0.39, 0.29) is 6.04 Å². The summed E-state index contributed by atoms with van der Waals surface area (Å²) >= 11 is 0. The third-order valence-corrected chi connectivity index (χ3v) is 5.31. The average molecular weight is 372 g/mol. The van der Waals surface area contributed by atoms with Crippen LogP contribution in [0.4, 0.5) is 4.79 Å². The van der Waals surface area contributed by atoms with Gasteiger partial charge in [0, 0.05) is 19.0 Å². The van der Waals surface area contributed by atoms with Gasteiger partial charge in [-0.25, -0.2) is 4.79 Å². The Hall–Kier alpha value is -2.57. The van der Waals surface area contributed by atoms with Crippen molar-refractivity contribution in [2.45, 2.75) is 64.0 Å². The third-order valence-electron chi connectivity index (χ3n) is 5.31. The van der Waals surface area contributed by atoms with Gasteiger partial charge in [-0.3, -0.25) is 0 Å². The zero-order valence-corrected chi connectivity index (χ0v) is 16.2. The Labute approximate surface area is 159 Å². The number of carbonyl (C=O) groups is 1. The predicted octanol–water partition coefficient (Wildman–Crippen LogP) is 3.81. The molecule has 27 heavy (non-hydrogen) atoms. The van der Waals surface area contributed by atoms with Gasteiger partial charge in [0.15, 0.2) is 5.82 Å². The topological polar surface area (TPSA) is 89.3 Å². The summed E-state index contributed by atoms with van der Waals surface area (Å²) in [6.07, 6.45) is 2.54. The largest absolute Gasteiger partial charge is 0.486 e. The van der Waals surface area contributed by atoms with Gasteiger partial charge < -0.3 is 19.7 Å². The second-order valence-electron chi connectivity index (χ2n) is 7.55. The molecular weight excluding hydrogens is 344 g/mol. The van der Waals surface area contributed by atoms with E-state index < -0.39 is 6.09 Å². The Bertz CT molecular complexity index is 779. The molecule has 2 aromatic rings. The van der Waals surface area contributed by atoms with Gasteiger partial charge in [-0.05, 0) is 49.3 Å². The van der Waals surface area contributed by atoms with Crippen molar-refractivity contribution in [3.63, 3.8) is 0 Å². The van der Waals surface area contributed by atoms with Crippen LogP contribution in [0.1, 0.15) is 68.6 Å². The Morgan fingerprint density at radius 2 is 2.04 bits per heavy atom. The summed E-state index contributed by atoms with van der Waals surface area (Å²) in [5.74, 6) is 3.36. The number of ether oxygens (including phenoxy) is 1. The quantitative estimate of drug-likeness (QED) is 0.805. The Morgan fingerprint density at radius 1 is 1.30 bits per heavy atom. The summed E-state index contributed by atoms with van der Waals surface area (Å²) in [5.41, 5.74) is 1.25. The molecule has 2 N–H and O–H groups in total. The van der Waals surface area contributed by atoms with Crippen LogP contribution in [0.3, 0.4) is 0 Å². The van der Waals surface area contributed by atoms with Crippen LogP contribution in [0.25, 0.3) is 0 Å². The predicted molar refractivity (Wildman–Crippen MR) is 102 cm³/mol. The monoisotopic (exact) mass is 372 g/mol. The number of nitrogens with one attached hydrogen (secondary N) is 1. The smallest absolute Gasteiger partial charge is 0.404 e. The highest BCUT2D eigenvalue weighted by Crippen LogP contribution is 2.32. The number of hydrogen-bond donors (Lipinski definition) is 2.